The number of hydrogen-bond acceptors (Lipinski definition) is 4. The summed E-state index contributed by atoms with van der Waals surface area (Å²) in [4.78, 5) is 34.9. The van der Waals surface area contributed by atoms with Crippen LogP contribution in [0.1, 0.15) is 22.8 Å². The van der Waals surface area contributed by atoms with E-state index in [9.17, 15) is 14.4 Å². The van der Waals surface area contributed by atoms with Crippen molar-refractivity contribution in [2.75, 3.05) is 11.9 Å². The Bertz CT molecular complexity index is 840. The Morgan fingerprint density at radius 3 is 2.54 bits per heavy atom. The molecule has 2 rings (SSSR count). The van der Waals surface area contributed by atoms with Crippen molar-refractivity contribution < 1.29 is 19.1 Å². The third-order valence-electron chi connectivity index (χ3n) is 3.24. The molecule has 26 heavy (non-hydrogen) atoms. The fourth-order valence-corrected chi connectivity index (χ4v) is 2.53. The third-order valence-corrected chi connectivity index (χ3v) is 3.83. The molecule has 0 aliphatic rings. The average molecular weight is 395 g/mol. The molecule has 0 unspecified atom stereocenters. The van der Waals surface area contributed by atoms with Gasteiger partial charge in [-0.05, 0) is 35.9 Å². The Labute approximate surface area is 160 Å². The number of esters is 1. The van der Waals surface area contributed by atoms with Crippen molar-refractivity contribution in [2.24, 2.45) is 0 Å². The first-order chi connectivity index (χ1) is 12.3. The Balaban J connectivity index is 1.85. The first-order valence-electron chi connectivity index (χ1n) is 7.60. The van der Waals surface area contributed by atoms with Gasteiger partial charge in [0.05, 0.1) is 5.56 Å². The van der Waals surface area contributed by atoms with E-state index in [0.717, 1.165) is 0 Å². The van der Waals surface area contributed by atoms with E-state index in [-0.39, 0.29) is 18.0 Å². The second-order valence-electron chi connectivity index (χ2n) is 5.35. The van der Waals surface area contributed by atoms with Crippen molar-refractivity contribution in [1.29, 1.82) is 0 Å². The first kappa shape index (κ1) is 19.8. The van der Waals surface area contributed by atoms with Crippen LogP contribution in [0.15, 0.2) is 42.5 Å². The predicted octanol–water partition coefficient (Wildman–Crippen LogP) is 3.43. The van der Waals surface area contributed by atoms with E-state index >= 15 is 0 Å². The lowest BCUT2D eigenvalue weighted by molar-refractivity contribution is -0.124. The number of halogens is 2. The van der Waals surface area contributed by atoms with Gasteiger partial charge in [-0.1, -0.05) is 35.3 Å². The monoisotopic (exact) mass is 394 g/mol. The largest absolute Gasteiger partial charge is 0.452 e. The minimum Gasteiger partial charge on any atom is -0.452 e. The molecule has 8 heteroatoms. The van der Waals surface area contributed by atoms with Crippen molar-refractivity contribution in [3.63, 3.8) is 0 Å². The lowest BCUT2D eigenvalue weighted by atomic mass is 10.2. The fourth-order valence-electron chi connectivity index (χ4n) is 2.05. The Hall–Kier alpha value is -2.57. The van der Waals surface area contributed by atoms with Crippen LogP contribution in [0, 0.1) is 0 Å². The van der Waals surface area contributed by atoms with Gasteiger partial charge in [-0.2, -0.15) is 0 Å². The molecule has 0 aromatic heterocycles. The standard InChI is InChI=1S/C18H16Cl2N2O4/c1-11(23)22-15-4-2-3-12(7-15)18(25)26-10-17(24)21-9-13-5-6-14(19)8-16(13)20/h2-8H,9-10H2,1H3,(H,21,24)(H,22,23). The number of amides is 2. The highest BCUT2D eigenvalue weighted by Gasteiger charge is 2.11. The molecule has 0 aliphatic carbocycles. The number of ether oxygens (including phenoxy) is 1. The lowest BCUT2D eigenvalue weighted by Gasteiger charge is -2.09. The summed E-state index contributed by atoms with van der Waals surface area (Å²) in [6.45, 7) is 1.11. The second kappa shape index (κ2) is 9.22. The topological polar surface area (TPSA) is 84.5 Å². The van der Waals surface area contributed by atoms with Crippen LogP contribution in [0.3, 0.4) is 0 Å². The zero-order valence-electron chi connectivity index (χ0n) is 13.8. The molecule has 2 N–H and O–H groups in total. The number of anilines is 1. The highest BCUT2D eigenvalue weighted by molar-refractivity contribution is 6.35. The number of carbonyl (C=O) groups excluding carboxylic acids is 3. The molecule has 2 amide bonds. The van der Waals surface area contributed by atoms with Crippen molar-refractivity contribution in [3.8, 4) is 0 Å². The molecule has 6 nitrogen and oxygen atoms in total. The highest BCUT2D eigenvalue weighted by atomic mass is 35.5. The first-order valence-corrected chi connectivity index (χ1v) is 8.36. The van der Waals surface area contributed by atoms with Crippen molar-refractivity contribution in [1.82, 2.24) is 5.32 Å². The van der Waals surface area contributed by atoms with Crippen LogP contribution < -0.4 is 10.6 Å². The van der Waals surface area contributed by atoms with Crippen LogP contribution >= 0.6 is 23.2 Å². The van der Waals surface area contributed by atoms with Crippen LogP contribution in [0.4, 0.5) is 5.69 Å². The molecule has 0 atom stereocenters. The summed E-state index contributed by atoms with van der Waals surface area (Å²) in [5.41, 5.74) is 1.39. The van der Waals surface area contributed by atoms with Gasteiger partial charge in [0.1, 0.15) is 0 Å². The Morgan fingerprint density at radius 1 is 1.08 bits per heavy atom. The van der Waals surface area contributed by atoms with E-state index < -0.39 is 18.5 Å². The number of carbonyl (C=O) groups is 3. The fraction of sp³-hybridized carbons (Fsp3) is 0.167. The molecule has 0 saturated heterocycles. The molecule has 2 aromatic carbocycles. The average Bonchev–Trinajstić information content (AvgIpc) is 2.58. The summed E-state index contributed by atoms with van der Waals surface area (Å²) in [6.07, 6.45) is 0. The molecule has 0 spiro atoms. The van der Waals surface area contributed by atoms with E-state index in [1.165, 1.54) is 19.1 Å². The van der Waals surface area contributed by atoms with Crippen molar-refractivity contribution >= 4 is 46.7 Å². The van der Waals surface area contributed by atoms with Gasteiger partial charge in [0, 0.05) is 29.2 Å². The molecule has 136 valence electrons. The van der Waals surface area contributed by atoms with Gasteiger partial charge in [0.25, 0.3) is 5.91 Å². The summed E-state index contributed by atoms with van der Waals surface area (Å²) in [7, 11) is 0. The van der Waals surface area contributed by atoms with E-state index in [0.29, 0.717) is 21.3 Å². The van der Waals surface area contributed by atoms with Crippen LogP contribution in [-0.2, 0) is 20.9 Å². The molecule has 0 radical (unpaired) electrons. The number of rotatable bonds is 6. The third kappa shape index (κ3) is 6.06. The van der Waals surface area contributed by atoms with Gasteiger partial charge in [-0.15, -0.1) is 0 Å². The van der Waals surface area contributed by atoms with Gasteiger partial charge in [0.2, 0.25) is 5.91 Å². The SMILES string of the molecule is CC(=O)Nc1cccc(C(=O)OCC(=O)NCc2ccc(Cl)cc2Cl)c1. The van der Waals surface area contributed by atoms with E-state index in [4.69, 9.17) is 27.9 Å². The van der Waals surface area contributed by atoms with Crippen LogP contribution in [0.5, 0.6) is 0 Å². The smallest absolute Gasteiger partial charge is 0.338 e. The number of benzene rings is 2. The van der Waals surface area contributed by atoms with Crippen molar-refractivity contribution in [2.45, 2.75) is 13.5 Å². The summed E-state index contributed by atoms with van der Waals surface area (Å²) in [5, 5.41) is 6.10. The van der Waals surface area contributed by atoms with Gasteiger partial charge in [-0.3, -0.25) is 9.59 Å². The molecule has 0 bridgehead atoms. The van der Waals surface area contributed by atoms with Gasteiger partial charge in [-0.25, -0.2) is 4.79 Å². The Kier molecular flexibility index (Phi) is 7.00. The van der Waals surface area contributed by atoms with E-state index in [2.05, 4.69) is 10.6 Å². The second-order valence-corrected chi connectivity index (χ2v) is 6.19. The van der Waals surface area contributed by atoms with Crippen LogP contribution in [0.25, 0.3) is 0 Å². The molecular formula is C18H16Cl2N2O4. The van der Waals surface area contributed by atoms with E-state index in [1.54, 1.807) is 30.3 Å². The maximum Gasteiger partial charge on any atom is 0.338 e. The lowest BCUT2D eigenvalue weighted by Crippen LogP contribution is -2.28. The normalized spacial score (nSPS) is 10.1. The molecule has 2 aromatic rings. The minimum absolute atomic E-state index is 0.185. The minimum atomic E-state index is -0.670. The van der Waals surface area contributed by atoms with Crippen LogP contribution in [-0.4, -0.2) is 24.4 Å². The molecule has 0 saturated carbocycles. The van der Waals surface area contributed by atoms with Gasteiger partial charge in [0.15, 0.2) is 6.61 Å². The zero-order chi connectivity index (χ0) is 19.1. The number of hydrogen-bond donors (Lipinski definition) is 2. The van der Waals surface area contributed by atoms with Gasteiger partial charge >= 0.3 is 5.97 Å². The van der Waals surface area contributed by atoms with Gasteiger partial charge < -0.3 is 15.4 Å². The highest BCUT2D eigenvalue weighted by Crippen LogP contribution is 2.20. The summed E-state index contributed by atoms with van der Waals surface area (Å²) in [6, 6.07) is 11.2. The zero-order valence-corrected chi connectivity index (χ0v) is 15.4. The quantitative estimate of drug-likeness (QED) is 0.735. The molecule has 0 aliphatic heterocycles. The maximum absolute atomic E-state index is 12.0. The summed E-state index contributed by atoms with van der Waals surface area (Å²) < 4.78 is 4.97. The van der Waals surface area contributed by atoms with E-state index in [1.807, 2.05) is 0 Å². The molecular weight excluding hydrogens is 379 g/mol. The van der Waals surface area contributed by atoms with Crippen molar-refractivity contribution in [3.05, 3.63) is 63.6 Å². The number of nitrogens with one attached hydrogen (secondary N) is 2. The molecule has 0 heterocycles. The summed E-state index contributed by atoms with van der Waals surface area (Å²) >= 11 is 11.8. The predicted molar refractivity (Wildman–Crippen MR) is 99.3 cm³/mol. The molecule has 0 fully saturated rings. The maximum atomic E-state index is 12.0. The van der Waals surface area contributed by atoms with Crippen LogP contribution in [0.2, 0.25) is 10.0 Å². The Morgan fingerprint density at radius 2 is 1.85 bits per heavy atom. The summed E-state index contributed by atoms with van der Waals surface area (Å²) in [5.74, 6) is -1.39.